The predicted molar refractivity (Wildman–Crippen MR) is 224 cm³/mol. The summed E-state index contributed by atoms with van der Waals surface area (Å²) in [6.45, 7) is 15.4. The molecule has 56 heavy (non-hydrogen) atoms. The summed E-state index contributed by atoms with van der Waals surface area (Å²) < 4.78 is 13.6. The number of anilines is 2. The molecule has 0 spiro atoms. The van der Waals surface area contributed by atoms with Gasteiger partial charge >= 0.3 is 0 Å². The van der Waals surface area contributed by atoms with Gasteiger partial charge in [-0.3, -0.25) is 14.4 Å². The Morgan fingerprint density at radius 1 is 0.750 bits per heavy atom. The Morgan fingerprint density at radius 2 is 1.43 bits per heavy atom. The smallest absolute Gasteiger partial charge is 0.278 e. The first-order valence-corrected chi connectivity index (χ1v) is 19.9. The molecule has 5 rings (SSSR count). The average molecular weight is 780 g/mol. The van der Waals surface area contributed by atoms with Crippen molar-refractivity contribution in [2.24, 2.45) is 0 Å². The van der Waals surface area contributed by atoms with Gasteiger partial charge in [-0.25, -0.2) is 4.68 Å². The van der Waals surface area contributed by atoms with Gasteiger partial charge in [-0.05, 0) is 59.9 Å². The fraction of sp³-hybridized carbons (Fsp3) is 0.400. The maximum atomic E-state index is 14.2. The van der Waals surface area contributed by atoms with Crippen LogP contribution in [0.25, 0.3) is 11.0 Å². The minimum atomic E-state index is -2.38. The monoisotopic (exact) mass is 779 g/mol. The van der Waals surface area contributed by atoms with Crippen LogP contribution < -0.4 is 20.1 Å². The van der Waals surface area contributed by atoms with Gasteiger partial charge in [0.25, 0.3) is 16.8 Å². The van der Waals surface area contributed by atoms with E-state index in [0.29, 0.717) is 29.5 Å². The molecule has 4 aromatic carbocycles. The zero-order valence-corrected chi connectivity index (χ0v) is 34.3. The molecular weight excluding hydrogens is 726 g/mol. The maximum absolute atomic E-state index is 14.2. The first-order valence-electron chi connectivity index (χ1n) is 19.5. The Kier molecular flexibility index (Phi) is 13.6. The van der Waals surface area contributed by atoms with Gasteiger partial charge in [0.2, 0.25) is 5.78 Å². The van der Waals surface area contributed by atoms with Crippen LogP contribution in [-0.2, 0) is 25.4 Å². The highest BCUT2D eigenvalue weighted by atomic mass is 35.5. The summed E-state index contributed by atoms with van der Waals surface area (Å²) in [6, 6.07) is 26.5. The number of unbranched alkanes of at least 4 members (excludes halogenated alkanes) is 3. The largest absolute Gasteiger partial charge is 0.491 e. The summed E-state index contributed by atoms with van der Waals surface area (Å²) >= 11 is 7.18. The molecule has 2 amide bonds. The highest BCUT2D eigenvalue weighted by molar-refractivity contribution is 6.47. The molecule has 11 heteroatoms. The van der Waals surface area contributed by atoms with Gasteiger partial charge in [0, 0.05) is 22.9 Å². The number of nitrogens with one attached hydrogen (secondary N) is 2. The number of benzene rings is 4. The summed E-state index contributed by atoms with van der Waals surface area (Å²) in [4.78, 5) is 39.5. The van der Waals surface area contributed by atoms with Gasteiger partial charge in [0.05, 0.1) is 17.8 Å². The number of nitrogens with zero attached hydrogens (tertiary/aromatic N) is 3. The average Bonchev–Trinajstić information content (AvgIpc) is 3.62. The number of alkyl halides is 1. The topological polar surface area (TPSA) is 124 Å². The van der Waals surface area contributed by atoms with E-state index in [9.17, 15) is 14.4 Å². The number of carbonyl (C=O) groups excluding carboxylic acids is 3. The Bertz CT molecular complexity index is 2130. The van der Waals surface area contributed by atoms with E-state index in [1.807, 2.05) is 12.1 Å². The summed E-state index contributed by atoms with van der Waals surface area (Å²) in [5.41, 5.74) is 3.61. The molecule has 5 aromatic rings. The number of carbonyl (C=O) groups is 3. The number of rotatable bonds is 19. The Labute approximate surface area is 335 Å². The van der Waals surface area contributed by atoms with E-state index in [0.717, 1.165) is 48.8 Å². The normalized spacial score (nSPS) is 12.9. The molecule has 0 fully saturated rings. The molecule has 0 saturated heterocycles. The second-order valence-electron chi connectivity index (χ2n) is 15.4. The van der Waals surface area contributed by atoms with Crippen molar-refractivity contribution in [2.45, 2.75) is 103 Å². The highest BCUT2D eigenvalue weighted by Gasteiger charge is 2.49. The number of hydrogen-bond donors (Lipinski definition) is 2. The minimum absolute atomic E-state index is 0.00838. The number of amides is 2. The fourth-order valence-corrected chi connectivity index (χ4v) is 6.53. The van der Waals surface area contributed by atoms with Crippen molar-refractivity contribution < 1.29 is 23.9 Å². The third-order valence-corrected chi connectivity index (χ3v) is 11.2. The van der Waals surface area contributed by atoms with Crippen molar-refractivity contribution in [3.8, 4) is 11.5 Å². The maximum Gasteiger partial charge on any atom is 0.278 e. The molecule has 0 bridgehead atoms. The number of Topliss-reactive ketones (excluding diaryl/α,β-unsaturated/α-hetero) is 1. The van der Waals surface area contributed by atoms with Crippen LogP contribution in [0.5, 0.6) is 11.5 Å². The molecule has 0 saturated carbocycles. The number of ether oxygens (including phenoxy) is 2. The molecule has 1 heterocycles. The highest BCUT2D eigenvalue weighted by Crippen LogP contribution is 2.39. The van der Waals surface area contributed by atoms with Crippen molar-refractivity contribution >= 4 is 51.6 Å². The van der Waals surface area contributed by atoms with Gasteiger partial charge in [-0.15, -0.1) is 5.10 Å². The van der Waals surface area contributed by atoms with E-state index >= 15 is 0 Å². The van der Waals surface area contributed by atoms with Crippen LogP contribution in [0.2, 0.25) is 0 Å². The lowest BCUT2D eigenvalue weighted by atomic mass is 9.76. The predicted octanol–water partition coefficient (Wildman–Crippen LogP) is 10.2. The standard InChI is InChI=1S/C45H54ClN5O5/c1-8-11-12-19-26-55-39-29-37-35(28-36(39)48-40(52)30-56-38-25-24-32(43(4,5)9-2)27-34(38)44(6,7)10-3)49-50-51(37)45(46,41(53)31-20-15-13-16-21-31)42(54)47-33-22-17-14-18-23-33/h13-18,20-25,27-29H,8-12,19,26,30H2,1-7H3,(H,47,54)(H,48,52). The molecule has 1 unspecified atom stereocenters. The van der Waals surface area contributed by atoms with Crippen molar-refractivity contribution in [2.75, 3.05) is 23.8 Å². The third kappa shape index (κ3) is 9.41. The number of hydrogen-bond acceptors (Lipinski definition) is 7. The molecule has 1 aromatic heterocycles. The van der Waals surface area contributed by atoms with E-state index in [2.05, 4.69) is 81.5 Å². The number of ketones is 1. The van der Waals surface area contributed by atoms with Crippen LogP contribution in [-0.4, -0.2) is 45.8 Å². The van der Waals surface area contributed by atoms with Crippen LogP contribution >= 0.6 is 11.6 Å². The SMILES string of the molecule is CCCCCCOc1cc2c(cc1NC(=O)COc1ccc(C(C)(C)CC)cc1C(C)(C)CC)nnn2C(Cl)(C(=O)Nc1ccccc1)C(=O)c1ccccc1. The zero-order valence-electron chi connectivity index (χ0n) is 33.6. The van der Waals surface area contributed by atoms with Crippen molar-refractivity contribution in [3.05, 3.63) is 108 Å². The molecular formula is C45H54ClN5O5. The molecule has 2 N–H and O–H groups in total. The van der Waals surface area contributed by atoms with E-state index in [1.165, 1.54) is 5.56 Å². The first kappa shape index (κ1) is 41.9. The van der Waals surface area contributed by atoms with Gasteiger partial charge in [0.1, 0.15) is 17.0 Å². The lowest BCUT2D eigenvalue weighted by Crippen LogP contribution is -2.48. The van der Waals surface area contributed by atoms with E-state index in [1.54, 1.807) is 66.7 Å². The molecule has 10 nitrogen and oxygen atoms in total. The molecule has 296 valence electrons. The van der Waals surface area contributed by atoms with Crippen molar-refractivity contribution in [3.63, 3.8) is 0 Å². The van der Waals surface area contributed by atoms with Crippen LogP contribution in [0.3, 0.4) is 0 Å². The second-order valence-corrected chi connectivity index (χ2v) is 16.0. The van der Waals surface area contributed by atoms with Crippen molar-refractivity contribution in [1.82, 2.24) is 15.0 Å². The van der Waals surface area contributed by atoms with E-state index in [4.69, 9.17) is 21.1 Å². The molecule has 0 aliphatic rings. The van der Waals surface area contributed by atoms with Crippen LogP contribution in [0.15, 0.2) is 91.0 Å². The minimum Gasteiger partial charge on any atom is -0.491 e. The summed E-state index contributed by atoms with van der Waals surface area (Å²) in [5, 5.41) is 14.3. The molecule has 1 atom stereocenters. The van der Waals surface area contributed by atoms with Crippen LogP contribution in [0, 0.1) is 0 Å². The number of para-hydroxylation sites is 1. The Balaban J connectivity index is 1.50. The number of fused-ring (bicyclic) bond motifs is 1. The zero-order chi connectivity index (χ0) is 40.5. The van der Waals surface area contributed by atoms with Crippen LogP contribution in [0.4, 0.5) is 11.4 Å². The molecule has 0 radical (unpaired) electrons. The van der Waals surface area contributed by atoms with Gasteiger partial charge in [-0.1, -0.05) is 145 Å². The number of halogens is 1. The Hall–Kier alpha value is -5.22. The summed E-state index contributed by atoms with van der Waals surface area (Å²) in [6.07, 6.45) is 5.74. The quantitative estimate of drug-likeness (QED) is 0.0370. The lowest BCUT2D eigenvalue weighted by molar-refractivity contribution is -0.120. The number of aromatic nitrogens is 3. The summed E-state index contributed by atoms with van der Waals surface area (Å²) in [5.74, 6) is -0.963. The van der Waals surface area contributed by atoms with Gasteiger partial charge in [0.15, 0.2) is 6.61 Å². The molecule has 0 aliphatic heterocycles. The Morgan fingerprint density at radius 3 is 2.09 bits per heavy atom. The third-order valence-electron chi connectivity index (χ3n) is 10.7. The fourth-order valence-electron chi connectivity index (χ4n) is 6.25. The lowest BCUT2D eigenvalue weighted by Gasteiger charge is -2.30. The van der Waals surface area contributed by atoms with Gasteiger partial charge < -0.3 is 20.1 Å². The second kappa shape index (κ2) is 18.2. The van der Waals surface area contributed by atoms with E-state index in [-0.39, 0.29) is 34.0 Å². The van der Waals surface area contributed by atoms with E-state index < -0.39 is 22.6 Å². The molecule has 0 aliphatic carbocycles. The summed E-state index contributed by atoms with van der Waals surface area (Å²) in [7, 11) is 0. The van der Waals surface area contributed by atoms with Crippen LogP contribution in [0.1, 0.15) is 108 Å². The first-order chi connectivity index (χ1) is 26.7. The van der Waals surface area contributed by atoms with Gasteiger partial charge in [-0.2, -0.15) is 0 Å². The van der Waals surface area contributed by atoms with Crippen molar-refractivity contribution in [1.29, 1.82) is 0 Å².